The third-order valence-electron chi connectivity index (χ3n) is 3.97. The number of hydrogen-bond donors (Lipinski definition) is 1. The Morgan fingerprint density at radius 1 is 1.19 bits per heavy atom. The highest BCUT2D eigenvalue weighted by molar-refractivity contribution is 5.69. The van der Waals surface area contributed by atoms with E-state index < -0.39 is 5.60 Å². The van der Waals surface area contributed by atoms with Gasteiger partial charge in [0.2, 0.25) is 0 Å². The number of carbonyl (C=O) groups is 1. The van der Waals surface area contributed by atoms with Crippen LogP contribution in [0.3, 0.4) is 0 Å². The third kappa shape index (κ3) is 6.75. The normalized spacial score (nSPS) is 14.0. The highest BCUT2D eigenvalue weighted by Crippen LogP contribution is 2.31. The van der Waals surface area contributed by atoms with Gasteiger partial charge in [-0.1, -0.05) is 0 Å². The fourth-order valence-corrected chi connectivity index (χ4v) is 2.57. The Morgan fingerprint density at radius 3 is 2.46 bits per heavy atom. The fourth-order valence-electron chi connectivity index (χ4n) is 2.57. The van der Waals surface area contributed by atoms with Gasteiger partial charge < -0.3 is 24.2 Å². The SMILES string of the molecule is COc1cc(CN(C(=O)OC(C)(C)C)C2CC2)cc(OCCCCO)c1. The summed E-state index contributed by atoms with van der Waals surface area (Å²) in [5.74, 6) is 1.40. The van der Waals surface area contributed by atoms with Crippen molar-refractivity contribution >= 4 is 6.09 Å². The molecule has 0 aromatic heterocycles. The van der Waals surface area contributed by atoms with Crippen LogP contribution in [0.15, 0.2) is 18.2 Å². The van der Waals surface area contributed by atoms with E-state index in [0.29, 0.717) is 31.1 Å². The summed E-state index contributed by atoms with van der Waals surface area (Å²) in [7, 11) is 1.61. The zero-order valence-corrected chi connectivity index (χ0v) is 16.3. The van der Waals surface area contributed by atoms with E-state index in [2.05, 4.69) is 0 Å². The molecule has 1 fully saturated rings. The van der Waals surface area contributed by atoms with E-state index in [4.69, 9.17) is 19.3 Å². The Kier molecular flexibility index (Phi) is 7.14. The second-order valence-corrected chi connectivity index (χ2v) is 7.64. The Morgan fingerprint density at radius 2 is 1.88 bits per heavy atom. The molecule has 1 aromatic carbocycles. The summed E-state index contributed by atoms with van der Waals surface area (Å²) in [6.45, 7) is 6.79. The van der Waals surface area contributed by atoms with E-state index in [1.807, 2.05) is 39.0 Å². The zero-order valence-electron chi connectivity index (χ0n) is 16.3. The van der Waals surface area contributed by atoms with E-state index in [0.717, 1.165) is 24.8 Å². The maximum Gasteiger partial charge on any atom is 0.410 e. The standard InChI is InChI=1S/C20H31NO5/c1-20(2,3)26-19(23)21(16-7-8-16)14-15-11-17(24-4)13-18(12-15)25-10-6-5-9-22/h11-13,16,22H,5-10,14H2,1-4H3. The molecule has 1 amide bonds. The number of aliphatic hydroxyl groups excluding tert-OH is 1. The van der Waals surface area contributed by atoms with Gasteiger partial charge in [-0.05, 0) is 64.2 Å². The van der Waals surface area contributed by atoms with Crippen LogP contribution in [0, 0.1) is 0 Å². The molecule has 0 saturated heterocycles. The minimum atomic E-state index is -0.514. The predicted molar refractivity (Wildman–Crippen MR) is 99.6 cm³/mol. The molecule has 0 aliphatic heterocycles. The smallest absolute Gasteiger partial charge is 0.410 e. The minimum Gasteiger partial charge on any atom is -0.497 e. The van der Waals surface area contributed by atoms with Gasteiger partial charge in [0.05, 0.1) is 13.7 Å². The van der Waals surface area contributed by atoms with Crippen LogP contribution in [0.1, 0.15) is 52.0 Å². The molecular weight excluding hydrogens is 334 g/mol. The third-order valence-corrected chi connectivity index (χ3v) is 3.97. The van der Waals surface area contributed by atoms with Crippen molar-refractivity contribution in [3.8, 4) is 11.5 Å². The molecule has 1 aliphatic rings. The van der Waals surface area contributed by atoms with Crippen LogP contribution >= 0.6 is 0 Å². The molecule has 6 heteroatoms. The molecule has 1 N–H and O–H groups in total. The molecule has 0 spiro atoms. The molecule has 0 bridgehead atoms. The monoisotopic (exact) mass is 365 g/mol. The van der Waals surface area contributed by atoms with Crippen LogP contribution in [-0.4, -0.2) is 48.1 Å². The van der Waals surface area contributed by atoms with Crippen LogP contribution in [0.4, 0.5) is 4.79 Å². The van der Waals surface area contributed by atoms with E-state index in [1.165, 1.54) is 0 Å². The van der Waals surface area contributed by atoms with Crippen molar-refractivity contribution in [3.05, 3.63) is 23.8 Å². The molecule has 0 heterocycles. The van der Waals surface area contributed by atoms with Crippen molar-refractivity contribution in [1.82, 2.24) is 4.90 Å². The second kappa shape index (κ2) is 9.12. The Labute approximate surface area is 156 Å². The molecule has 26 heavy (non-hydrogen) atoms. The second-order valence-electron chi connectivity index (χ2n) is 7.64. The van der Waals surface area contributed by atoms with Gasteiger partial charge in [-0.2, -0.15) is 0 Å². The average molecular weight is 365 g/mol. The van der Waals surface area contributed by atoms with E-state index in [9.17, 15) is 4.79 Å². The number of unbranched alkanes of at least 4 members (excludes halogenated alkanes) is 1. The largest absolute Gasteiger partial charge is 0.497 e. The first-order chi connectivity index (χ1) is 12.3. The lowest BCUT2D eigenvalue weighted by Crippen LogP contribution is -2.37. The summed E-state index contributed by atoms with van der Waals surface area (Å²) in [4.78, 5) is 14.3. The lowest BCUT2D eigenvalue weighted by Gasteiger charge is -2.27. The zero-order chi connectivity index (χ0) is 19.2. The summed E-state index contributed by atoms with van der Waals surface area (Å²) < 4.78 is 16.7. The number of aliphatic hydroxyl groups is 1. The Hall–Kier alpha value is -1.95. The van der Waals surface area contributed by atoms with Gasteiger partial charge in [-0.15, -0.1) is 0 Å². The van der Waals surface area contributed by atoms with Gasteiger partial charge in [-0.3, -0.25) is 0 Å². The first-order valence-electron chi connectivity index (χ1n) is 9.23. The first-order valence-corrected chi connectivity index (χ1v) is 9.23. The van der Waals surface area contributed by atoms with Crippen LogP contribution in [0.5, 0.6) is 11.5 Å². The molecule has 6 nitrogen and oxygen atoms in total. The lowest BCUT2D eigenvalue weighted by molar-refractivity contribution is 0.0216. The number of carbonyl (C=O) groups excluding carboxylic acids is 1. The van der Waals surface area contributed by atoms with Crippen molar-refractivity contribution in [1.29, 1.82) is 0 Å². The summed E-state index contributed by atoms with van der Waals surface area (Å²) >= 11 is 0. The number of ether oxygens (including phenoxy) is 3. The van der Waals surface area contributed by atoms with Gasteiger partial charge in [0, 0.05) is 25.3 Å². The van der Waals surface area contributed by atoms with Crippen LogP contribution in [0.2, 0.25) is 0 Å². The number of hydrogen-bond acceptors (Lipinski definition) is 5. The maximum absolute atomic E-state index is 12.5. The molecule has 2 rings (SSSR count). The number of methoxy groups -OCH3 is 1. The summed E-state index contributed by atoms with van der Waals surface area (Å²) in [5, 5.41) is 8.85. The Bertz CT molecular complexity index is 592. The minimum absolute atomic E-state index is 0.166. The lowest BCUT2D eigenvalue weighted by atomic mass is 10.2. The van der Waals surface area contributed by atoms with Gasteiger partial charge in [0.1, 0.15) is 17.1 Å². The topological polar surface area (TPSA) is 68.2 Å². The number of amides is 1. The highest BCUT2D eigenvalue weighted by atomic mass is 16.6. The summed E-state index contributed by atoms with van der Waals surface area (Å²) in [6.07, 6.45) is 3.23. The molecule has 1 aliphatic carbocycles. The number of rotatable bonds is 9. The molecular formula is C20H31NO5. The van der Waals surface area contributed by atoms with Crippen LogP contribution < -0.4 is 9.47 Å². The van der Waals surface area contributed by atoms with E-state index in [1.54, 1.807) is 12.0 Å². The molecule has 0 unspecified atom stereocenters. The van der Waals surface area contributed by atoms with Gasteiger partial charge in [0.15, 0.2) is 0 Å². The average Bonchev–Trinajstić information content (AvgIpc) is 3.39. The van der Waals surface area contributed by atoms with Gasteiger partial charge in [-0.25, -0.2) is 4.79 Å². The summed E-state index contributed by atoms with van der Waals surface area (Å²) in [5.41, 5.74) is 0.429. The van der Waals surface area contributed by atoms with Crippen molar-refractivity contribution in [2.75, 3.05) is 20.3 Å². The predicted octanol–water partition coefficient (Wildman–Crippen LogP) is 3.75. The van der Waals surface area contributed by atoms with Crippen LogP contribution in [0.25, 0.3) is 0 Å². The van der Waals surface area contributed by atoms with E-state index in [-0.39, 0.29) is 18.7 Å². The summed E-state index contributed by atoms with van der Waals surface area (Å²) in [6, 6.07) is 5.92. The molecule has 0 atom stereocenters. The van der Waals surface area contributed by atoms with Crippen molar-refractivity contribution in [3.63, 3.8) is 0 Å². The number of benzene rings is 1. The molecule has 146 valence electrons. The molecule has 1 saturated carbocycles. The van der Waals surface area contributed by atoms with Gasteiger partial charge in [0.25, 0.3) is 0 Å². The van der Waals surface area contributed by atoms with Crippen molar-refractivity contribution in [2.45, 2.75) is 64.6 Å². The van der Waals surface area contributed by atoms with Gasteiger partial charge >= 0.3 is 6.09 Å². The quantitative estimate of drug-likeness (QED) is 0.675. The van der Waals surface area contributed by atoms with E-state index >= 15 is 0 Å². The molecule has 0 radical (unpaired) electrons. The first kappa shape index (κ1) is 20.4. The van der Waals surface area contributed by atoms with Crippen molar-refractivity contribution < 1.29 is 24.1 Å². The fraction of sp³-hybridized carbons (Fsp3) is 0.650. The number of nitrogens with zero attached hydrogens (tertiary/aromatic N) is 1. The van der Waals surface area contributed by atoms with Crippen LogP contribution in [-0.2, 0) is 11.3 Å². The highest BCUT2D eigenvalue weighted by Gasteiger charge is 2.35. The Balaban J connectivity index is 2.08. The van der Waals surface area contributed by atoms with Crippen molar-refractivity contribution in [2.24, 2.45) is 0 Å². The molecule has 1 aromatic rings. The maximum atomic E-state index is 12.5.